The van der Waals surface area contributed by atoms with Crippen LogP contribution in [0, 0.1) is 0 Å². The van der Waals surface area contributed by atoms with Crippen LogP contribution in [0.15, 0.2) is 30.7 Å². The van der Waals surface area contributed by atoms with Crippen LogP contribution in [0.3, 0.4) is 0 Å². The van der Waals surface area contributed by atoms with E-state index >= 15 is 0 Å². The van der Waals surface area contributed by atoms with E-state index in [1.165, 1.54) is 6.33 Å². The number of halogens is 2. The molecule has 2 N–H and O–H groups in total. The van der Waals surface area contributed by atoms with Crippen LogP contribution in [-0.4, -0.2) is 19.7 Å². The Morgan fingerprint density at radius 1 is 1.17 bits per heavy atom. The van der Waals surface area contributed by atoms with Gasteiger partial charge in [0.1, 0.15) is 12.1 Å². The Morgan fingerprint density at radius 3 is 2.78 bits per heavy atom. The number of anilines is 1. The van der Waals surface area contributed by atoms with Gasteiger partial charge in [0, 0.05) is 5.02 Å². The highest BCUT2D eigenvalue weighted by Gasteiger charge is 2.11. The van der Waals surface area contributed by atoms with Crippen molar-refractivity contribution in [2.45, 2.75) is 0 Å². The maximum atomic E-state index is 6.14. The number of nitrogen functional groups attached to an aromatic ring is 1. The number of fused-ring (bicyclic) bond motifs is 1. The minimum atomic E-state index is 0.385. The zero-order valence-electron chi connectivity index (χ0n) is 9.01. The number of hydrogen-bond acceptors (Lipinski definition) is 4. The van der Waals surface area contributed by atoms with E-state index in [4.69, 9.17) is 28.9 Å². The summed E-state index contributed by atoms with van der Waals surface area (Å²) in [6, 6.07) is 5.16. The van der Waals surface area contributed by atoms with E-state index < -0.39 is 0 Å². The van der Waals surface area contributed by atoms with E-state index in [1.807, 2.05) is 0 Å². The molecule has 2 heterocycles. The lowest BCUT2D eigenvalue weighted by atomic mass is 10.3. The number of hydrogen-bond donors (Lipinski definition) is 1. The largest absolute Gasteiger partial charge is 0.383 e. The molecule has 0 fully saturated rings. The van der Waals surface area contributed by atoms with Crippen LogP contribution in [0.2, 0.25) is 10.0 Å². The summed E-state index contributed by atoms with van der Waals surface area (Å²) < 4.78 is 1.60. The summed E-state index contributed by atoms with van der Waals surface area (Å²) in [7, 11) is 0. The van der Waals surface area contributed by atoms with E-state index in [9.17, 15) is 0 Å². The second kappa shape index (κ2) is 4.12. The van der Waals surface area contributed by atoms with Crippen LogP contribution >= 0.6 is 23.2 Å². The second-order valence-corrected chi connectivity index (χ2v) is 4.49. The number of rotatable bonds is 1. The van der Waals surface area contributed by atoms with Gasteiger partial charge in [0.15, 0.2) is 5.65 Å². The van der Waals surface area contributed by atoms with Crippen molar-refractivity contribution in [1.29, 1.82) is 0 Å². The van der Waals surface area contributed by atoms with Crippen molar-refractivity contribution in [3.8, 4) is 5.69 Å². The van der Waals surface area contributed by atoms with Crippen molar-refractivity contribution in [3.05, 3.63) is 40.8 Å². The highest BCUT2D eigenvalue weighted by molar-refractivity contribution is 6.35. The van der Waals surface area contributed by atoms with Gasteiger partial charge in [-0.15, -0.1) is 0 Å². The zero-order chi connectivity index (χ0) is 12.7. The molecule has 5 nitrogen and oxygen atoms in total. The highest BCUT2D eigenvalue weighted by Crippen LogP contribution is 2.27. The SMILES string of the molecule is Nc1ncnc2c1cnn2-c1ccc(Cl)cc1Cl. The molecule has 0 spiro atoms. The third-order valence-corrected chi connectivity index (χ3v) is 3.07. The van der Waals surface area contributed by atoms with Crippen molar-refractivity contribution in [2.24, 2.45) is 0 Å². The maximum Gasteiger partial charge on any atom is 0.168 e. The number of nitrogens with two attached hydrogens (primary N) is 1. The average Bonchev–Trinajstić information content (AvgIpc) is 2.74. The first-order chi connectivity index (χ1) is 8.66. The van der Waals surface area contributed by atoms with Crippen LogP contribution in [0.4, 0.5) is 5.82 Å². The molecule has 3 rings (SSSR count). The van der Waals surface area contributed by atoms with E-state index in [-0.39, 0.29) is 0 Å². The maximum absolute atomic E-state index is 6.14. The summed E-state index contributed by atoms with van der Waals surface area (Å²) in [5, 5.41) is 5.96. The van der Waals surface area contributed by atoms with Gasteiger partial charge in [-0.3, -0.25) is 0 Å². The number of aromatic nitrogens is 4. The van der Waals surface area contributed by atoms with Crippen LogP contribution in [0.25, 0.3) is 16.7 Å². The fraction of sp³-hybridized carbons (Fsp3) is 0. The fourth-order valence-electron chi connectivity index (χ4n) is 1.69. The standard InChI is InChI=1S/C11H7Cl2N5/c12-6-1-2-9(8(13)3-6)18-11-7(4-17-18)10(14)15-5-16-11/h1-5H,(H2,14,15,16). The van der Waals surface area contributed by atoms with E-state index in [2.05, 4.69) is 15.1 Å². The van der Waals surface area contributed by atoms with Gasteiger partial charge in [-0.1, -0.05) is 23.2 Å². The molecule has 0 saturated heterocycles. The Labute approximate surface area is 112 Å². The topological polar surface area (TPSA) is 69.6 Å². The van der Waals surface area contributed by atoms with Crippen molar-refractivity contribution < 1.29 is 0 Å². The molecule has 0 aliphatic rings. The Kier molecular flexibility index (Phi) is 2.57. The predicted molar refractivity (Wildman–Crippen MR) is 71.1 cm³/mol. The Morgan fingerprint density at radius 2 is 2.00 bits per heavy atom. The summed E-state index contributed by atoms with van der Waals surface area (Å²) in [5.41, 5.74) is 7.04. The molecule has 0 amide bonds. The van der Waals surface area contributed by atoms with Crippen LogP contribution < -0.4 is 5.73 Å². The summed E-state index contributed by atoms with van der Waals surface area (Å²) in [6.07, 6.45) is 3.00. The summed E-state index contributed by atoms with van der Waals surface area (Å²) in [5.74, 6) is 0.385. The lowest BCUT2D eigenvalue weighted by Crippen LogP contribution is -1.99. The predicted octanol–water partition coefficient (Wildman–Crippen LogP) is 2.70. The smallest absolute Gasteiger partial charge is 0.168 e. The average molecular weight is 280 g/mol. The van der Waals surface area contributed by atoms with Gasteiger partial charge < -0.3 is 5.73 Å². The first-order valence-electron chi connectivity index (χ1n) is 5.06. The van der Waals surface area contributed by atoms with Crippen molar-refractivity contribution >= 4 is 40.1 Å². The molecular formula is C11H7Cl2N5. The lowest BCUT2D eigenvalue weighted by Gasteiger charge is -2.05. The molecule has 0 bridgehead atoms. The Hall–Kier alpha value is -1.85. The number of nitrogens with zero attached hydrogens (tertiary/aromatic N) is 4. The van der Waals surface area contributed by atoms with Crippen LogP contribution in [0.1, 0.15) is 0 Å². The minimum absolute atomic E-state index is 0.385. The lowest BCUT2D eigenvalue weighted by molar-refractivity contribution is 0.895. The van der Waals surface area contributed by atoms with Gasteiger partial charge in [-0.2, -0.15) is 5.10 Å². The summed E-state index contributed by atoms with van der Waals surface area (Å²) >= 11 is 12.0. The van der Waals surface area contributed by atoms with Crippen molar-refractivity contribution in [2.75, 3.05) is 5.73 Å². The van der Waals surface area contributed by atoms with Gasteiger partial charge in [-0.05, 0) is 18.2 Å². The molecule has 7 heteroatoms. The third-order valence-electron chi connectivity index (χ3n) is 2.53. The van der Waals surface area contributed by atoms with Crippen LogP contribution in [0.5, 0.6) is 0 Å². The summed E-state index contributed by atoms with van der Waals surface area (Å²) in [6.45, 7) is 0. The monoisotopic (exact) mass is 279 g/mol. The molecule has 3 aromatic rings. The molecule has 0 aliphatic carbocycles. The molecule has 0 aliphatic heterocycles. The first kappa shape index (κ1) is 11.3. The van der Waals surface area contributed by atoms with Gasteiger partial charge in [0.05, 0.1) is 22.3 Å². The van der Waals surface area contributed by atoms with Crippen LogP contribution in [-0.2, 0) is 0 Å². The molecule has 0 atom stereocenters. The molecule has 18 heavy (non-hydrogen) atoms. The Balaban J connectivity index is 2.29. The van der Waals surface area contributed by atoms with Gasteiger partial charge >= 0.3 is 0 Å². The molecule has 1 aromatic carbocycles. The van der Waals surface area contributed by atoms with Gasteiger partial charge in [0.25, 0.3) is 0 Å². The second-order valence-electron chi connectivity index (χ2n) is 3.65. The molecule has 2 aromatic heterocycles. The quantitative estimate of drug-likeness (QED) is 0.744. The van der Waals surface area contributed by atoms with E-state index in [0.29, 0.717) is 32.6 Å². The highest BCUT2D eigenvalue weighted by atomic mass is 35.5. The van der Waals surface area contributed by atoms with Gasteiger partial charge in [0.2, 0.25) is 0 Å². The number of benzene rings is 1. The third kappa shape index (κ3) is 1.68. The van der Waals surface area contributed by atoms with Crippen molar-refractivity contribution in [1.82, 2.24) is 19.7 Å². The molecule has 0 saturated carbocycles. The van der Waals surface area contributed by atoms with E-state index in [0.717, 1.165) is 0 Å². The zero-order valence-corrected chi connectivity index (χ0v) is 10.5. The minimum Gasteiger partial charge on any atom is -0.383 e. The van der Waals surface area contributed by atoms with Gasteiger partial charge in [-0.25, -0.2) is 14.6 Å². The fourth-order valence-corrected chi connectivity index (χ4v) is 2.18. The molecule has 0 unspecified atom stereocenters. The van der Waals surface area contributed by atoms with Crippen molar-refractivity contribution in [3.63, 3.8) is 0 Å². The molecular weight excluding hydrogens is 273 g/mol. The summed E-state index contributed by atoms with van der Waals surface area (Å²) in [4.78, 5) is 8.07. The molecule has 90 valence electrons. The first-order valence-corrected chi connectivity index (χ1v) is 5.82. The Bertz CT molecular complexity index is 737. The normalized spacial score (nSPS) is 11.0. The van der Waals surface area contributed by atoms with E-state index in [1.54, 1.807) is 29.1 Å². The molecule has 0 radical (unpaired) electrons.